The van der Waals surface area contributed by atoms with Gasteiger partial charge in [-0.1, -0.05) is 49.7 Å². The summed E-state index contributed by atoms with van der Waals surface area (Å²) in [6.07, 6.45) is 4.40. The molecule has 1 aliphatic rings. The van der Waals surface area contributed by atoms with Crippen LogP contribution in [-0.2, 0) is 13.0 Å². The second-order valence-electron chi connectivity index (χ2n) is 9.52. The highest BCUT2D eigenvalue weighted by molar-refractivity contribution is 6.00. The van der Waals surface area contributed by atoms with Gasteiger partial charge in [0.2, 0.25) is 11.6 Å². The Morgan fingerprint density at radius 1 is 1.26 bits per heavy atom. The lowest BCUT2D eigenvalue weighted by molar-refractivity contribution is 0.0944. The molecule has 1 fully saturated rings. The molecule has 11 nitrogen and oxygen atoms in total. The van der Waals surface area contributed by atoms with Gasteiger partial charge in [-0.05, 0) is 67.0 Å². The van der Waals surface area contributed by atoms with Crippen LogP contribution in [0.3, 0.4) is 0 Å². The minimum atomic E-state index is -0.457. The van der Waals surface area contributed by atoms with Crippen molar-refractivity contribution in [1.82, 2.24) is 35.6 Å². The third-order valence-corrected chi connectivity index (χ3v) is 6.31. The smallest absolute Gasteiger partial charge is 0.293 e. The van der Waals surface area contributed by atoms with Crippen LogP contribution in [0.4, 0.5) is 5.82 Å². The van der Waals surface area contributed by atoms with E-state index in [9.17, 15) is 4.79 Å². The largest absolute Gasteiger partial charge is 0.378 e. The van der Waals surface area contributed by atoms with Gasteiger partial charge < -0.3 is 5.73 Å². The van der Waals surface area contributed by atoms with Crippen LogP contribution in [0, 0.1) is 5.92 Å². The van der Waals surface area contributed by atoms with E-state index in [1.165, 1.54) is 16.7 Å². The van der Waals surface area contributed by atoms with E-state index in [4.69, 9.17) is 10.4 Å². The first kappa shape index (κ1) is 24.5. The zero-order chi connectivity index (χ0) is 24.9. The average molecular weight is 480 g/mol. The fourth-order valence-corrected chi connectivity index (χ4v) is 4.32. The number of amides is 1. The Bertz CT molecular complexity index is 1180. The number of nitrogens with zero attached hydrogens (tertiary/aromatic N) is 7. The van der Waals surface area contributed by atoms with Crippen LogP contribution in [-0.4, -0.2) is 54.4 Å². The lowest BCUT2D eigenvalue weighted by atomic mass is 10.0. The molecular weight excluding hydrogens is 446 g/mol. The van der Waals surface area contributed by atoms with E-state index < -0.39 is 5.91 Å². The SMILES string of the molecule is CC(=NNC(=O)c1nnn(-c2nonc2N)c1CN1CCCCC1C)c1ccc(CC(C)C)cc1. The summed E-state index contributed by atoms with van der Waals surface area (Å²) in [6.45, 7) is 9.80. The van der Waals surface area contributed by atoms with Crippen LogP contribution < -0.4 is 11.2 Å². The van der Waals surface area contributed by atoms with Crippen LogP contribution in [0.1, 0.15) is 74.3 Å². The minimum Gasteiger partial charge on any atom is -0.378 e. The molecular formula is C24H33N9O2. The summed E-state index contributed by atoms with van der Waals surface area (Å²) in [5.74, 6) is 0.414. The predicted octanol–water partition coefficient (Wildman–Crippen LogP) is 2.96. The van der Waals surface area contributed by atoms with Crippen LogP contribution >= 0.6 is 0 Å². The van der Waals surface area contributed by atoms with Crippen molar-refractivity contribution >= 4 is 17.4 Å². The standard InChI is InChI=1S/C24H33N9O2/c1-15(2)13-18-8-10-19(11-9-18)17(4)26-28-24(34)21-20(14-32-12-6-5-7-16(32)3)33(31-27-21)23-22(25)29-35-30-23/h8-11,15-16H,5-7,12-14H2,1-4H3,(H2,25,29)(H,28,34). The Morgan fingerprint density at radius 2 is 2.03 bits per heavy atom. The summed E-state index contributed by atoms with van der Waals surface area (Å²) in [5.41, 5.74) is 12.1. The molecule has 1 aliphatic heterocycles. The van der Waals surface area contributed by atoms with Gasteiger partial charge in [0.05, 0.1) is 11.4 Å². The maximum Gasteiger partial charge on any atom is 0.293 e. The first-order valence-electron chi connectivity index (χ1n) is 12.0. The van der Waals surface area contributed by atoms with Gasteiger partial charge in [-0.25, -0.2) is 10.1 Å². The molecule has 4 rings (SSSR count). The third-order valence-electron chi connectivity index (χ3n) is 6.31. The van der Waals surface area contributed by atoms with Gasteiger partial charge in [0.25, 0.3) is 5.91 Å². The predicted molar refractivity (Wildman–Crippen MR) is 132 cm³/mol. The summed E-state index contributed by atoms with van der Waals surface area (Å²) in [5, 5.41) is 20.1. The number of rotatable bonds is 8. The number of piperidine rings is 1. The maximum atomic E-state index is 13.1. The Labute approximate surface area is 204 Å². The molecule has 2 aromatic heterocycles. The molecule has 0 spiro atoms. The van der Waals surface area contributed by atoms with Crippen LogP contribution in [0.5, 0.6) is 0 Å². The molecule has 3 aromatic rings. The molecule has 1 aromatic carbocycles. The fraction of sp³-hybridized carbons (Fsp3) is 0.500. The molecule has 3 heterocycles. The molecule has 11 heteroatoms. The molecule has 35 heavy (non-hydrogen) atoms. The fourth-order valence-electron chi connectivity index (χ4n) is 4.32. The molecule has 0 saturated carbocycles. The number of hydrogen-bond acceptors (Lipinski definition) is 9. The number of carbonyl (C=O) groups excluding carboxylic acids is 1. The first-order chi connectivity index (χ1) is 16.8. The van der Waals surface area contributed by atoms with Crippen LogP contribution in [0.25, 0.3) is 5.82 Å². The molecule has 0 bridgehead atoms. The molecule has 0 radical (unpaired) electrons. The van der Waals surface area contributed by atoms with E-state index in [0.717, 1.165) is 31.4 Å². The van der Waals surface area contributed by atoms with Crippen LogP contribution in [0.15, 0.2) is 34.0 Å². The van der Waals surface area contributed by atoms with E-state index >= 15 is 0 Å². The van der Waals surface area contributed by atoms with E-state index in [-0.39, 0.29) is 17.3 Å². The lowest BCUT2D eigenvalue weighted by Gasteiger charge is -2.33. The normalized spacial score (nSPS) is 17.2. The van der Waals surface area contributed by atoms with Crippen molar-refractivity contribution in [2.45, 2.75) is 66.0 Å². The van der Waals surface area contributed by atoms with E-state index in [1.54, 1.807) is 0 Å². The van der Waals surface area contributed by atoms with Crippen molar-refractivity contribution in [2.75, 3.05) is 12.3 Å². The average Bonchev–Trinajstić information content (AvgIpc) is 3.44. The summed E-state index contributed by atoms with van der Waals surface area (Å²) in [7, 11) is 0. The van der Waals surface area contributed by atoms with Crippen molar-refractivity contribution < 1.29 is 9.42 Å². The highest BCUT2D eigenvalue weighted by Crippen LogP contribution is 2.23. The number of nitrogen functional groups attached to an aromatic ring is 1. The topological polar surface area (TPSA) is 140 Å². The van der Waals surface area contributed by atoms with Crippen molar-refractivity contribution in [1.29, 1.82) is 0 Å². The summed E-state index contributed by atoms with van der Waals surface area (Å²) < 4.78 is 6.17. The Hall–Kier alpha value is -3.60. The van der Waals surface area contributed by atoms with Gasteiger partial charge in [0, 0.05) is 12.6 Å². The maximum absolute atomic E-state index is 13.1. The number of nitrogens with one attached hydrogen (secondary N) is 1. The number of likely N-dealkylation sites (tertiary alicyclic amines) is 1. The minimum absolute atomic E-state index is 0.0737. The van der Waals surface area contributed by atoms with Gasteiger partial charge in [-0.2, -0.15) is 9.78 Å². The Kier molecular flexibility index (Phi) is 7.54. The van der Waals surface area contributed by atoms with Crippen molar-refractivity contribution in [3.05, 3.63) is 46.8 Å². The lowest BCUT2D eigenvalue weighted by Crippen LogP contribution is -2.38. The van der Waals surface area contributed by atoms with Crippen molar-refractivity contribution in [2.24, 2.45) is 11.0 Å². The van der Waals surface area contributed by atoms with Gasteiger partial charge in [-0.15, -0.1) is 5.10 Å². The molecule has 1 amide bonds. The number of nitrogens with two attached hydrogens (primary N) is 1. The third kappa shape index (κ3) is 5.73. The quantitative estimate of drug-likeness (QED) is 0.371. The van der Waals surface area contributed by atoms with E-state index in [0.29, 0.717) is 29.9 Å². The Balaban J connectivity index is 1.55. The van der Waals surface area contributed by atoms with Gasteiger partial charge in [-0.3, -0.25) is 9.69 Å². The Morgan fingerprint density at radius 3 is 2.69 bits per heavy atom. The number of hydrazone groups is 1. The second kappa shape index (κ2) is 10.8. The zero-order valence-corrected chi connectivity index (χ0v) is 20.7. The van der Waals surface area contributed by atoms with E-state index in [1.807, 2.05) is 19.1 Å². The highest BCUT2D eigenvalue weighted by atomic mass is 16.6. The molecule has 3 N–H and O–H groups in total. The van der Waals surface area contributed by atoms with Crippen LogP contribution in [0.2, 0.25) is 0 Å². The van der Waals surface area contributed by atoms with Crippen molar-refractivity contribution in [3.63, 3.8) is 0 Å². The first-order valence-corrected chi connectivity index (χ1v) is 12.0. The summed E-state index contributed by atoms with van der Waals surface area (Å²) >= 11 is 0. The number of carbonyl (C=O) groups is 1. The molecule has 1 atom stereocenters. The number of aromatic nitrogens is 5. The monoisotopic (exact) mass is 479 g/mol. The van der Waals surface area contributed by atoms with Gasteiger partial charge >= 0.3 is 0 Å². The zero-order valence-electron chi connectivity index (χ0n) is 20.7. The highest BCUT2D eigenvalue weighted by Gasteiger charge is 2.28. The van der Waals surface area contributed by atoms with Crippen molar-refractivity contribution in [3.8, 4) is 5.82 Å². The molecule has 186 valence electrons. The number of hydrogen-bond donors (Lipinski definition) is 2. The molecule has 1 unspecified atom stereocenters. The number of anilines is 1. The second-order valence-corrected chi connectivity index (χ2v) is 9.52. The molecule has 1 saturated heterocycles. The van der Waals surface area contributed by atoms with Gasteiger partial charge in [0.15, 0.2) is 5.69 Å². The summed E-state index contributed by atoms with van der Waals surface area (Å²) in [6, 6.07) is 8.59. The summed E-state index contributed by atoms with van der Waals surface area (Å²) in [4.78, 5) is 15.4. The van der Waals surface area contributed by atoms with Gasteiger partial charge in [0.1, 0.15) is 0 Å². The van der Waals surface area contributed by atoms with E-state index in [2.05, 4.69) is 69.0 Å². The molecule has 0 aliphatic carbocycles. The number of benzene rings is 1.